The van der Waals surface area contributed by atoms with E-state index in [0.717, 1.165) is 23.7 Å². The predicted octanol–water partition coefficient (Wildman–Crippen LogP) is 1.81. The number of nitrogen functional groups attached to an aromatic ring is 1. The van der Waals surface area contributed by atoms with E-state index >= 15 is 0 Å². The summed E-state index contributed by atoms with van der Waals surface area (Å²) in [6.45, 7) is 1.50. The summed E-state index contributed by atoms with van der Waals surface area (Å²) in [4.78, 5) is 14.2. The predicted molar refractivity (Wildman–Crippen MR) is 104 cm³/mol. The van der Waals surface area contributed by atoms with Crippen LogP contribution in [0.1, 0.15) is 12.0 Å². The zero-order chi connectivity index (χ0) is 18.6. The van der Waals surface area contributed by atoms with Crippen LogP contribution in [-0.2, 0) is 11.2 Å². The number of anilines is 3. The number of carbonyl (C=O) groups excluding carboxylic acids is 1. The molecule has 1 unspecified atom stereocenters. The molecule has 3 N–H and O–H groups in total. The van der Waals surface area contributed by atoms with Crippen molar-refractivity contribution in [1.29, 1.82) is 0 Å². The van der Waals surface area contributed by atoms with Gasteiger partial charge in [0.05, 0.1) is 13.0 Å². The molecule has 1 saturated heterocycles. The second-order valence-electron chi connectivity index (χ2n) is 5.98. The minimum absolute atomic E-state index is 0.0176. The van der Waals surface area contributed by atoms with Crippen LogP contribution in [0, 0.1) is 0 Å². The molecule has 3 heterocycles. The first-order valence-corrected chi connectivity index (χ1v) is 9.97. The van der Waals surface area contributed by atoms with E-state index in [1.807, 2.05) is 30.3 Å². The molecule has 0 bridgehead atoms. The number of nitrogens with two attached hydrogens (primary N) is 1. The lowest BCUT2D eigenvalue weighted by atomic mass is 10.1. The molecule has 11 heteroatoms. The van der Waals surface area contributed by atoms with Gasteiger partial charge >= 0.3 is 0 Å². The van der Waals surface area contributed by atoms with E-state index < -0.39 is 0 Å². The highest BCUT2D eigenvalue weighted by molar-refractivity contribution is 7.18. The molecule has 0 aliphatic carbocycles. The molecule has 140 valence electrons. The molecule has 9 nitrogen and oxygen atoms in total. The smallest absolute Gasteiger partial charge is 0.296 e. The van der Waals surface area contributed by atoms with Gasteiger partial charge in [-0.05, 0) is 16.9 Å². The molecule has 1 amide bonds. The Morgan fingerprint density at radius 1 is 1.22 bits per heavy atom. The van der Waals surface area contributed by atoms with E-state index in [9.17, 15) is 4.79 Å². The molecule has 1 fully saturated rings. The summed E-state index contributed by atoms with van der Waals surface area (Å²) in [6, 6.07) is 9.54. The Labute approximate surface area is 163 Å². The van der Waals surface area contributed by atoms with Crippen molar-refractivity contribution in [2.75, 3.05) is 29.0 Å². The maximum Gasteiger partial charge on any atom is 0.296 e. The van der Waals surface area contributed by atoms with Gasteiger partial charge in [-0.2, -0.15) is 0 Å². The minimum Gasteiger partial charge on any atom is -0.464 e. The number of hydrogen-bond acceptors (Lipinski definition) is 10. The Bertz CT molecular complexity index is 914. The van der Waals surface area contributed by atoms with Crippen molar-refractivity contribution in [3.05, 3.63) is 35.9 Å². The Kier molecular flexibility index (Phi) is 5.12. The van der Waals surface area contributed by atoms with Gasteiger partial charge < -0.3 is 20.7 Å². The summed E-state index contributed by atoms with van der Waals surface area (Å²) in [7, 11) is 0. The van der Waals surface area contributed by atoms with Crippen LogP contribution in [0.2, 0.25) is 0 Å². The van der Waals surface area contributed by atoms with Gasteiger partial charge in [0, 0.05) is 13.0 Å². The zero-order valence-corrected chi connectivity index (χ0v) is 15.9. The molecule has 1 aromatic carbocycles. The van der Waals surface area contributed by atoms with Crippen LogP contribution in [0.15, 0.2) is 30.3 Å². The average molecular weight is 403 g/mol. The van der Waals surface area contributed by atoms with E-state index in [1.165, 1.54) is 22.7 Å². The van der Waals surface area contributed by atoms with E-state index in [4.69, 9.17) is 10.5 Å². The third-order valence-electron chi connectivity index (χ3n) is 3.97. The lowest BCUT2D eigenvalue weighted by Gasteiger charge is -2.13. The Hall–Kier alpha value is -2.79. The van der Waals surface area contributed by atoms with Crippen molar-refractivity contribution in [2.24, 2.45) is 0 Å². The Balaban J connectivity index is 1.29. The maximum atomic E-state index is 12.1. The fourth-order valence-corrected chi connectivity index (χ4v) is 4.07. The molecule has 1 atom stereocenters. The number of rotatable bonds is 6. The second-order valence-corrected chi connectivity index (χ2v) is 7.91. The van der Waals surface area contributed by atoms with E-state index in [0.29, 0.717) is 28.4 Å². The number of nitrogens with one attached hydrogen (secondary N) is 1. The first-order chi connectivity index (χ1) is 13.2. The van der Waals surface area contributed by atoms with Crippen LogP contribution in [0.25, 0.3) is 0 Å². The van der Waals surface area contributed by atoms with E-state index in [-0.39, 0.29) is 12.0 Å². The fraction of sp³-hybridized carbons (Fsp3) is 0.312. The quantitative estimate of drug-likeness (QED) is 0.639. The normalized spacial score (nSPS) is 16.4. The molecule has 3 aromatic rings. The van der Waals surface area contributed by atoms with Gasteiger partial charge in [-0.25, -0.2) is 0 Å². The molecular formula is C16H17N7O2S2. The Morgan fingerprint density at radius 3 is 2.85 bits per heavy atom. The van der Waals surface area contributed by atoms with Gasteiger partial charge in [0.2, 0.25) is 21.3 Å². The lowest BCUT2D eigenvalue weighted by Crippen LogP contribution is -2.24. The first kappa shape index (κ1) is 17.6. The lowest BCUT2D eigenvalue weighted by molar-refractivity contribution is -0.115. The van der Waals surface area contributed by atoms with Gasteiger partial charge in [0.15, 0.2) is 0 Å². The van der Waals surface area contributed by atoms with E-state index in [2.05, 4.69) is 30.6 Å². The molecular weight excluding hydrogens is 386 g/mol. The summed E-state index contributed by atoms with van der Waals surface area (Å²) in [5.74, 6) is -0.134. The molecule has 0 radical (unpaired) electrons. The van der Waals surface area contributed by atoms with Crippen molar-refractivity contribution >= 4 is 44.0 Å². The number of aromatic nitrogens is 4. The summed E-state index contributed by atoms with van der Waals surface area (Å²) < 4.78 is 5.89. The molecule has 1 aliphatic rings. The van der Waals surface area contributed by atoms with Crippen molar-refractivity contribution in [2.45, 2.75) is 18.9 Å². The van der Waals surface area contributed by atoms with Crippen LogP contribution in [-0.4, -0.2) is 45.5 Å². The Morgan fingerprint density at radius 2 is 2.07 bits per heavy atom. The topological polar surface area (TPSA) is 119 Å². The van der Waals surface area contributed by atoms with Gasteiger partial charge in [-0.1, -0.05) is 46.8 Å². The monoisotopic (exact) mass is 403 g/mol. The molecule has 2 aromatic heterocycles. The van der Waals surface area contributed by atoms with Gasteiger partial charge in [-0.15, -0.1) is 15.3 Å². The zero-order valence-electron chi connectivity index (χ0n) is 14.2. The number of hydrogen-bond donors (Lipinski definition) is 2. The third kappa shape index (κ3) is 4.49. The number of carbonyl (C=O) groups is 1. The van der Waals surface area contributed by atoms with Crippen molar-refractivity contribution in [3.8, 4) is 5.19 Å². The largest absolute Gasteiger partial charge is 0.464 e. The summed E-state index contributed by atoms with van der Waals surface area (Å²) in [5, 5.41) is 20.8. The molecule has 27 heavy (non-hydrogen) atoms. The summed E-state index contributed by atoms with van der Waals surface area (Å²) in [5.41, 5.74) is 6.58. The fourth-order valence-electron chi connectivity index (χ4n) is 2.75. The van der Waals surface area contributed by atoms with Gasteiger partial charge in [0.25, 0.3) is 5.19 Å². The SMILES string of the molecule is Nc1nnc(N2CCC(Oc3nnc(NC(=O)Cc4ccccc4)s3)C2)s1. The van der Waals surface area contributed by atoms with Crippen molar-refractivity contribution in [3.63, 3.8) is 0 Å². The third-order valence-corrected chi connectivity index (χ3v) is 5.52. The highest BCUT2D eigenvalue weighted by Gasteiger charge is 2.27. The second kappa shape index (κ2) is 7.84. The summed E-state index contributed by atoms with van der Waals surface area (Å²) in [6.07, 6.45) is 1.12. The average Bonchev–Trinajstić information content (AvgIpc) is 3.38. The van der Waals surface area contributed by atoms with Crippen LogP contribution >= 0.6 is 22.7 Å². The van der Waals surface area contributed by atoms with Crippen LogP contribution in [0.5, 0.6) is 5.19 Å². The van der Waals surface area contributed by atoms with Crippen molar-refractivity contribution < 1.29 is 9.53 Å². The molecule has 1 aliphatic heterocycles. The van der Waals surface area contributed by atoms with Gasteiger partial charge in [-0.3, -0.25) is 4.79 Å². The molecule has 0 spiro atoms. The number of amides is 1. The number of benzene rings is 1. The molecule has 4 rings (SSSR count). The maximum absolute atomic E-state index is 12.1. The highest BCUT2D eigenvalue weighted by Crippen LogP contribution is 2.29. The first-order valence-electron chi connectivity index (χ1n) is 8.33. The van der Waals surface area contributed by atoms with Crippen LogP contribution in [0.3, 0.4) is 0 Å². The summed E-state index contributed by atoms with van der Waals surface area (Å²) >= 11 is 2.58. The van der Waals surface area contributed by atoms with E-state index in [1.54, 1.807) is 0 Å². The van der Waals surface area contributed by atoms with Crippen LogP contribution < -0.4 is 20.7 Å². The van der Waals surface area contributed by atoms with Crippen molar-refractivity contribution in [1.82, 2.24) is 20.4 Å². The minimum atomic E-state index is -0.134. The standard InChI is InChI=1S/C16H17N7O2S2/c17-13-19-21-15(26-13)23-7-6-11(9-23)25-16-22-20-14(27-16)18-12(24)8-10-4-2-1-3-5-10/h1-5,11H,6-9H2,(H2,17,19)(H,18,20,24). The highest BCUT2D eigenvalue weighted by atomic mass is 32.1. The number of ether oxygens (including phenoxy) is 1. The number of nitrogens with zero attached hydrogens (tertiary/aromatic N) is 5. The van der Waals surface area contributed by atoms with Gasteiger partial charge in [0.1, 0.15) is 6.10 Å². The van der Waals surface area contributed by atoms with Crippen LogP contribution in [0.4, 0.5) is 15.4 Å². The molecule has 0 saturated carbocycles.